The van der Waals surface area contributed by atoms with E-state index in [4.69, 9.17) is 14.7 Å². The summed E-state index contributed by atoms with van der Waals surface area (Å²) in [6.45, 7) is 7.23. The topological polar surface area (TPSA) is 88.4 Å². The number of esters is 1. The summed E-state index contributed by atoms with van der Waals surface area (Å²) in [4.78, 5) is 24.4. The maximum atomic E-state index is 12.3. The summed E-state index contributed by atoms with van der Waals surface area (Å²) in [6, 6.07) is 15.9. The lowest BCUT2D eigenvalue weighted by Gasteiger charge is -2.18. The molecule has 146 valence electrons. The highest BCUT2D eigenvalue weighted by molar-refractivity contribution is 5.95. The molecule has 0 aliphatic carbocycles. The van der Waals surface area contributed by atoms with Gasteiger partial charge in [0.1, 0.15) is 5.75 Å². The molecule has 1 N–H and O–H groups in total. The molecule has 0 radical (unpaired) electrons. The first kappa shape index (κ1) is 21.0. The fourth-order valence-electron chi connectivity index (χ4n) is 2.38. The third kappa shape index (κ3) is 5.85. The molecule has 0 bridgehead atoms. The minimum absolute atomic E-state index is 0.405. The standard InChI is InChI=1S/C22H24N2O4/c1-14(2)18-7-9-19(10-8-18)24-21(25)15(3)28-22(26)16(4)27-20-11-5-17(13-23)6-12-20/h5-12,14-16H,1-4H3,(H,24,25)/t15-,16+/m0/s1. The van der Waals surface area contributed by atoms with Gasteiger partial charge >= 0.3 is 5.97 Å². The summed E-state index contributed by atoms with van der Waals surface area (Å²) in [7, 11) is 0. The Balaban J connectivity index is 1.87. The van der Waals surface area contributed by atoms with Crippen molar-refractivity contribution in [3.8, 4) is 11.8 Å². The molecule has 2 aromatic carbocycles. The van der Waals surface area contributed by atoms with Crippen LogP contribution < -0.4 is 10.1 Å². The lowest BCUT2D eigenvalue weighted by atomic mass is 10.0. The number of carbonyl (C=O) groups excluding carboxylic acids is 2. The fourth-order valence-corrected chi connectivity index (χ4v) is 2.38. The van der Waals surface area contributed by atoms with Crippen LogP contribution in [0.2, 0.25) is 0 Å². The van der Waals surface area contributed by atoms with Gasteiger partial charge in [0, 0.05) is 5.69 Å². The van der Waals surface area contributed by atoms with E-state index in [-0.39, 0.29) is 0 Å². The average Bonchev–Trinajstić information content (AvgIpc) is 2.68. The second kappa shape index (κ2) is 9.56. The number of rotatable bonds is 7. The Morgan fingerprint density at radius 1 is 0.929 bits per heavy atom. The van der Waals surface area contributed by atoms with E-state index in [1.165, 1.54) is 19.4 Å². The van der Waals surface area contributed by atoms with Gasteiger partial charge in [0.05, 0.1) is 11.6 Å². The summed E-state index contributed by atoms with van der Waals surface area (Å²) >= 11 is 0. The van der Waals surface area contributed by atoms with E-state index in [2.05, 4.69) is 19.2 Å². The summed E-state index contributed by atoms with van der Waals surface area (Å²) in [5.74, 6) is -0.230. The molecule has 0 saturated carbocycles. The van der Waals surface area contributed by atoms with Crippen molar-refractivity contribution in [1.29, 1.82) is 5.26 Å². The van der Waals surface area contributed by atoms with Gasteiger partial charge in [0.25, 0.3) is 5.91 Å². The molecular formula is C22H24N2O4. The van der Waals surface area contributed by atoms with Crippen LogP contribution in [-0.4, -0.2) is 24.1 Å². The Morgan fingerprint density at radius 3 is 2.07 bits per heavy atom. The van der Waals surface area contributed by atoms with Crippen LogP contribution >= 0.6 is 0 Å². The van der Waals surface area contributed by atoms with Crippen LogP contribution in [0.3, 0.4) is 0 Å². The van der Waals surface area contributed by atoms with Gasteiger partial charge in [-0.2, -0.15) is 5.26 Å². The zero-order chi connectivity index (χ0) is 20.7. The van der Waals surface area contributed by atoms with Crippen molar-refractivity contribution < 1.29 is 19.1 Å². The number of hydrogen-bond acceptors (Lipinski definition) is 5. The summed E-state index contributed by atoms with van der Waals surface area (Å²) in [6.07, 6.45) is -1.86. The largest absolute Gasteiger partial charge is 0.479 e. The zero-order valence-electron chi connectivity index (χ0n) is 16.4. The Kier molecular flexibility index (Phi) is 7.16. The van der Waals surface area contributed by atoms with Crippen molar-refractivity contribution in [2.45, 2.75) is 45.8 Å². The summed E-state index contributed by atoms with van der Waals surface area (Å²) < 4.78 is 10.7. The minimum atomic E-state index is -0.968. The Morgan fingerprint density at radius 2 is 1.54 bits per heavy atom. The minimum Gasteiger partial charge on any atom is -0.479 e. The van der Waals surface area contributed by atoms with Crippen LogP contribution in [0.1, 0.15) is 44.7 Å². The summed E-state index contributed by atoms with van der Waals surface area (Å²) in [5, 5.41) is 11.5. The Labute approximate surface area is 165 Å². The van der Waals surface area contributed by atoms with Crippen molar-refractivity contribution >= 4 is 17.6 Å². The van der Waals surface area contributed by atoms with E-state index in [1.54, 1.807) is 24.3 Å². The normalized spacial score (nSPS) is 12.6. The highest BCUT2D eigenvalue weighted by atomic mass is 16.6. The lowest BCUT2D eigenvalue weighted by molar-refractivity contribution is -0.159. The van der Waals surface area contributed by atoms with Crippen LogP contribution in [0.15, 0.2) is 48.5 Å². The number of anilines is 1. The quantitative estimate of drug-likeness (QED) is 0.733. The SMILES string of the molecule is CC(C)c1ccc(NC(=O)[C@H](C)OC(=O)[C@@H](C)Oc2ccc(C#N)cc2)cc1. The number of nitrogens with one attached hydrogen (secondary N) is 1. The third-order valence-corrected chi connectivity index (χ3v) is 4.14. The van der Waals surface area contributed by atoms with Crippen LogP contribution in [0, 0.1) is 11.3 Å². The maximum absolute atomic E-state index is 12.3. The van der Waals surface area contributed by atoms with Gasteiger partial charge in [0.15, 0.2) is 12.2 Å². The smallest absolute Gasteiger partial charge is 0.347 e. The fraction of sp³-hybridized carbons (Fsp3) is 0.318. The molecule has 0 aliphatic heterocycles. The number of amides is 1. The molecule has 28 heavy (non-hydrogen) atoms. The van der Waals surface area contributed by atoms with Gasteiger partial charge in [-0.15, -0.1) is 0 Å². The van der Waals surface area contributed by atoms with Gasteiger partial charge in [-0.25, -0.2) is 4.79 Å². The highest BCUT2D eigenvalue weighted by Gasteiger charge is 2.23. The van der Waals surface area contributed by atoms with E-state index in [0.717, 1.165) is 0 Å². The van der Waals surface area contributed by atoms with Crippen LogP contribution in [0.25, 0.3) is 0 Å². The molecule has 2 aromatic rings. The predicted octanol–water partition coefficient (Wildman–Crippen LogP) is 4.02. The van der Waals surface area contributed by atoms with Crippen molar-refractivity contribution in [2.24, 2.45) is 0 Å². The molecule has 2 atom stereocenters. The molecule has 0 saturated heterocycles. The molecule has 6 heteroatoms. The highest BCUT2D eigenvalue weighted by Crippen LogP contribution is 2.18. The first-order valence-electron chi connectivity index (χ1n) is 9.08. The second-order valence-corrected chi connectivity index (χ2v) is 6.74. The van der Waals surface area contributed by atoms with Crippen molar-refractivity contribution in [3.63, 3.8) is 0 Å². The van der Waals surface area contributed by atoms with Crippen molar-refractivity contribution in [2.75, 3.05) is 5.32 Å². The van der Waals surface area contributed by atoms with Gasteiger partial charge in [-0.3, -0.25) is 4.79 Å². The summed E-state index contributed by atoms with van der Waals surface area (Å²) in [5.41, 5.74) is 2.31. The zero-order valence-corrected chi connectivity index (χ0v) is 16.4. The van der Waals surface area contributed by atoms with E-state index >= 15 is 0 Å². The predicted molar refractivity (Wildman–Crippen MR) is 106 cm³/mol. The number of benzene rings is 2. The molecule has 6 nitrogen and oxygen atoms in total. The van der Waals surface area contributed by atoms with E-state index in [9.17, 15) is 9.59 Å². The Hall–Kier alpha value is -3.33. The van der Waals surface area contributed by atoms with Crippen LogP contribution in [0.5, 0.6) is 5.75 Å². The van der Waals surface area contributed by atoms with Crippen LogP contribution in [-0.2, 0) is 14.3 Å². The molecule has 0 spiro atoms. The second-order valence-electron chi connectivity index (χ2n) is 6.74. The van der Waals surface area contributed by atoms with Gasteiger partial charge in [0.2, 0.25) is 0 Å². The Bertz CT molecular complexity index is 852. The van der Waals surface area contributed by atoms with E-state index in [1.807, 2.05) is 30.3 Å². The van der Waals surface area contributed by atoms with Gasteiger partial charge in [-0.05, 0) is 61.7 Å². The van der Waals surface area contributed by atoms with E-state index in [0.29, 0.717) is 22.9 Å². The third-order valence-electron chi connectivity index (χ3n) is 4.14. The number of hydrogen-bond donors (Lipinski definition) is 1. The molecule has 1 amide bonds. The number of ether oxygens (including phenoxy) is 2. The molecule has 0 aromatic heterocycles. The number of nitrogens with zero attached hydrogens (tertiary/aromatic N) is 1. The molecule has 0 aliphatic rings. The van der Waals surface area contributed by atoms with E-state index < -0.39 is 24.1 Å². The van der Waals surface area contributed by atoms with Gasteiger partial charge < -0.3 is 14.8 Å². The number of carbonyl (C=O) groups is 2. The monoisotopic (exact) mass is 380 g/mol. The average molecular weight is 380 g/mol. The van der Waals surface area contributed by atoms with Crippen molar-refractivity contribution in [3.05, 3.63) is 59.7 Å². The van der Waals surface area contributed by atoms with Crippen LogP contribution in [0.4, 0.5) is 5.69 Å². The molecule has 0 fully saturated rings. The molecule has 2 rings (SSSR count). The number of nitriles is 1. The molecule has 0 heterocycles. The first-order valence-corrected chi connectivity index (χ1v) is 9.08. The maximum Gasteiger partial charge on any atom is 0.347 e. The molecular weight excluding hydrogens is 356 g/mol. The first-order chi connectivity index (χ1) is 13.3. The van der Waals surface area contributed by atoms with Crippen molar-refractivity contribution in [1.82, 2.24) is 0 Å². The van der Waals surface area contributed by atoms with Gasteiger partial charge in [-0.1, -0.05) is 26.0 Å². The molecule has 0 unspecified atom stereocenters. The lowest BCUT2D eigenvalue weighted by Crippen LogP contribution is -2.35.